The summed E-state index contributed by atoms with van der Waals surface area (Å²) >= 11 is 1.75. The molecule has 0 spiro atoms. The molecule has 144 valence electrons. The van der Waals surface area contributed by atoms with Gasteiger partial charge < -0.3 is 4.90 Å². The number of hydrogen-bond acceptors (Lipinski definition) is 3. The number of aldehydes is 1. The number of fused-ring (bicyclic) bond motifs is 1. The Balaban J connectivity index is 1.64. The van der Waals surface area contributed by atoms with E-state index in [4.69, 9.17) is 0 Å². The summed E-state index contributed by atoms with van der Waals surface area (Å²) in [6, 6.07) is 37.2. The van der Waals surface area contributed by atoms with Gasteiger partial charge in [0, 0.05) is 21.8 Å². The molecule has 0 atom stereocenters. The van der Waals surface area contributed by atoms with Gasteiger partial charge in [-0.05, 0) is 52.7 Å². The van der Waals surface area contributed by atoms with E-state index in [1.54, 1.807) is 11.3 Å². The second kappa shape index (κ2) is 7.97. The summed E-state index contributed by atoms with van der Waals surface area (Å²) in [7, 11) is 0. The van der Waals surface area contributed by atoms with Gasteiger partial charge in [0.25, 0.3) is 0 Å². The largest absolute Gasteiger partial charge is 0.302 e. The molecule has 0 radical (unpaired) electrons. The van der Waals surface area contributed by atoms with Crippen LogP contribution in [-0.4, -0.2) is 6.29 Å². The van der Waals surface area contributed by atoms with E-state index >= 15 is 0 Å². The van der Waals surface area contributed by atoms with Crippen molar-refractivity contribution in [1.29, 1.82) is 0 Å². The van der Waals surface area contributed by atoms with E-state index in [-0.39, 0.29) is 0 Å². The first-order valence-corrected chi connectivity index (χ1v) is 10.6. The molecular weight excluding hydrogens is 386 g/mol. The predicted octanol–water partition coefficient (Wildman–Crippen LogP) is 7.85. The lowest BCUT2D eigenvalue weighted by atomic mass is 9.99. The number of carbonyl (C=O) groups is 1. The molecule has 3 heteroatoms. The lowest BCUT2D eigenvalue weighted by molar-refractivity contribution is 0.112. The Morgan fingerprint density at radius 2 is 1.20 bits per heavy atom. The van der Waals surface area contributed by atoms with Gasteiger partial charge >= 0.3 is 0 Å². The second-order valence-corrected chi connectivity index (χ2v) is 8.07. The minimum absolute atomic E-state index is 0.723. The highest BCUT2D eigenvalue weighted by Crippen LogP contribution is 2.43. The Morgan fingerprint density at radius 3 is 1.83 bits per heavy atom. The van der Waals surface area contributed by atoms with Gasteiger partial charge in [-0.15, -0.1) is 11.3 Å². The van der Waals surface area contributed by atoms with Gasteiger partial charge in [-0.2, -0.15) is 0 Å². The number of thiophene rings is 1. The SMILES string of the molecule is O=Cc1ccc(-c2ccc(N(c3ccccc3)c3ccccc3)s2)c2ccccc12. The number of carbonyl (C=O) groups excluding carboxylic acids is 1. The molecule has 1 heterocycles. The van der Waals surface area contributed by atoms with Crippen LogP contribution in [0.3, 0.4) is 0 Å². The molecule has 2 nitrogen and oxygen atoms in total. The van der Waals surface area contributed by atoms with Crippen molar-refractivity contribution < 1.29 is 4.79 Å². The van der Waals surface area contributed by atoms with Crippen LogP contribution in [-0.2, 0) is 0 Å². The van der Waals surface area contributed by atoms with E-state index in [9.17, 15) is 4.79 Å². The number of benzene rings is 4. The van der Waals surface area contributed by atoms with E-state index in [0.29, 0.717) is 0 Å². The van der Waals surface area contributed by atoms with Crippen LogP contribution in [0.1, 0.15) is 10.4 Å². The van der Waals surface area contributed by atoms with Crippen molar-refractivity contribution in [2.45, 2.75) is 0 Å². The smallest absolute Gasteiger partial charge is 0.150 e. The van der Waals surface area contributed by atoms with Gasteiger partial charge in [0.05, 0.1) is 0 Å². The molecule has 0 amide bonds. The molecule has 0 saturated heterocycles. The van der Waals surface area contributed by atoms with Crippen LogP contribution in [0.4, 0.5) is 16.4 Å². The highest BCUT2D eigenvalue weighted by atomic mass is 32.1. The zero-order valence-electron chi connectivity index (χ0n) is 16.2. The first kappa shape index (κ1) is 18.3. The minimum Gasteiger partial charge on any atom is -0.302 e. The lowest BCUT2D eigenvalue weighted by Gasteiger charge is -2.23. The molecule has 5 rings (SSSR count). The van der Waals surface area contributed by atoms with Crippen molar-refractivity contribution in [3.05, 3.63) is 115 Å². The number of rotatable bonds is 5. The zero-order valence-corrected chi connectivity index (χ0v) is 17.0. The third-order valence-corrected chi connectivity index (χ3v) is 6.29. The number of anilines is 3. The van der Waals surface area contributed by atoms with Crippen molar-refractivity contribution in [3.8, 4) is 10.4 Å². The third-order valence-electron chi connectivity index (χ3n) is 5.19. The average Bonchev–Trinajstić information content (AvgIpc) is 3.29. The van der Waals surface area contributed by atoms with Gasteiger partial charge in [-0.25, -0.2) is 0 Å². The van der Waals surface area contributed by atoms with E-state index in [1.165, 1.54) is 4.88 Å². The maximum absolute atomic E-state index is 11.5. The second-order valence-electron chi connectivity index (χ2n) is 7.01. The Kier molecular flexibility index (Phi) is 4.88. The molecule has 0 aliphatic rings. The van der Waals surface area contributed by atoms with Gasteiger partial charge in [0.2, 0.25) is 0 Å². The normalized spacial score (nSPS) is 10.8. The zero-order chi connectivity index (χ0) is 20.3. The van der Waals surface area contributed by atoms with Crippen molar-refractivity contribution in [2.75, 3.05) is 4.90 Å². The van der Waals surface area contributed by atoms with Crippen LogP contribution >= 0.6 is 11.3 Å². The van der Waals surface area contributed by atoms with Crippen LogP contribution < -0.4 is 4.90 Å². The summed E-state index contributed by atoms with van der Waals surface area (Å²) in [6.07, 6.45) is 0.929. The lowest BCUT2D eigenvalue weighted by Crippen LogP contribution is -2.07. The molecule has 0 N–H and O–H groups in total. The number of para-hydroxylation sites is 2. The maximum atomic E-state index is 11.5. The Labute approximate surface area is 179 Å². The van der Waals surface area contributed by atoms with Crippen LogP contribution in [0.2, 0.25) is 0 Å². The van der Waals surface area contributed by atoms with E-state index in [0.717, 1.165) is 44.6 Å². The fourth-order valence-corrected chi connectivity index (χ4v) is 4.88. The standard InChI is InChI=1S/C27H19NOS/c29-19-20-15-16-25(24-14-8-7-13-23(20)24)26-17-18-27(30-26)28(21-9-3-1-4-10-21)22-11-5-2-6-12-22/h1-19H. The van der Waals surface area contributed by atoms with Crippen molar-refractivity contribution in [2.24, 2.45) is 0 Å². The summed E-state index contributed by atoms with van der Waals surface area (Å²) in [4.78, 5) is 14.9. The van der Waals surface area contributed by atoms with Gasteiger partial charge in [0.1, 0.15) is 5.00 Å². The molecule has 0 bridgehead atoms. The third kappa shape index (κ3) is 3.30. The molecular formula is C27H19NOS. The summed E-state index contributed by atoms with van der Waals surface area (Å²) in [5.41, 5.74) is 4.12. The number of nitrogens with zero attached hydrogens (tertiary/aromatic N) is 1. The maximum Gasteiger partial charge on any atom is 0.150 e. The fraction of sp³-hybridized carbons (Fsp3) is 0. The topological polar surface area (TPSA) is 20.3 Å². The highest BCUT2D eigenvalue weighted by Gasteiger charge is 2.16. The first-order chi connectivity index (χ1) is 14.8. The van der Waals surface area contributed by atoms with Crippen LogP contribution in [0.5, 0.6) is 0 Å². The molecule has 1 aromatic heterocycles. The highest BCUT2D eigenvalue weighted by molar-refractivity contribution is 7.19. The fourth-order valence-electron chi connectivity index (χ4n) is 3.79. The molecule has 0 unspecified atom stereocenters. The molecule has 0 aliphatic carbocycles. The van der Waals surface area contributed by atoms with Gasteiger partial charge in [-0.3, -0.25) is 4.79 Å². The van der Waals surface area contributed by atoms with Crippen LogP contribution in [0.25, 0.3) is 21.2 Å². The molecule has 4 aromatic carbocycles. The predicted molar refractivity (Wildman–Crippen MR) is 127 cm³/mol. The monoisotopic (exact) mass is 405 g/mol. The molecule has 5 aromatic rings. The van der Waals surface area contributed by atoms with Crippen LogP contribution in [0, 0.1) is 0 Å². The van der Waals surface area contributed by atoms with Crippen molar-refractivity contribution in [1.82, 2.24) is 0 Å². The van der Waals surface area contributed by atoms with E-state index in [2.05, 4.69) is 77.7 Å². The summed E-state index contributed by atoms with van der Waals surface area (Å²) in [6.45, 7) is 0. The summed E-state index contributed by atoms with van der Waals surface area (Å²) in [5.74, 6) is 0. The van der Waals surface area contributed by atoms with Gasteiger partial charge in [-0.1, -0.05) is 72.8 Å². The van der Waals surface area contributed by atoms with Crippen molar-refractivity contribution in [3.63, 3.8) is 0 Å². The molecule has 0 fully saturated rings. The van der Waals surface area contributed by atoms with Gasteiger partial charge in [0.15, 0.2) is 6.29 Å². The quantitative estimate of drug-likeness (QED) is 0.277. The minimum atomic E-state index is 0.723. The van der Waals surface area contributed by atoms with E-state index < -0.39 is 0 Å². The molecule has 0 saturated carbocycles. The Bertz CT molecular complexity index is 1270. The van der Waals surface area contributed by atoms with E-state index in [1.807, 2.05) is 36.4 Å². The first-order valence-electron chi connectivity index (χ1n) is 9.82. The Hall–Kier alpha value is -3.69. The van der Waals surface area contributed by atoms with Crippen molar-refractivity contribution >= 4 is 44.8 Å². The van der Waals surface area contributed by atoms with Crippen LogP contribution in [0.15, 0.2) is 109 Å². The Morgan fingerprint density at radius 1 is 0.600 bits per heavy atom. The summed E-state index contributed by atoms with van der Waals surface area (Å²) < 4.78 is 0. The average molecular weight is 406 g/mol. The molecule has 30 heavy (non-hydrogen) atoms. The number of hydrogen-bond donors (Lipinski definition) is 0. The summed E-state index contributed by atoms with van der Waals surface area (Å²) in [5, 5.41) is 3.23. The molecule has 0 aliphatic heterocycles.